The smallest absolute Gasteiger partial charge is 0.123 e. The van der Waals surface area contributed by atoms with E-state index in [4.69, 9.17) is 4.74 Å². The van der Waals surface area contributed by atoms with E-state index in [-0.39, 0.29) is 0 Å². The third kappa shape index (κ3) is 4.23. The molecule has 1 N–H and O–H groups in total. The minimum Gasteiger partial charge on any atom is -0.496 e. The molecule has 0 amide bonds. The van der Waals surface area contributed by atoms with Crippen LogP contribution in [0.5, 0.6) is 5.75 Å². The summed E-state index contributed by atoms with van der Waals surface area (Å²) in [6.45, 7) is 7.83. The summed E-state index contributed by atoms with van der Waals surface area (Å²) in [6, 6.07) is 7.08. The molecular formula is C19H31NO. The number of hydrogen-bond acceptors (Lipinski definition) is 2. The van der Waals surface area contributed by atoms with Gasteiger partial charge in [0.05, 0.1) is 7.11 Å². The van der Waals surface area contributed by atoms with Crippen LogP contribution in [-0.4, -0.2) is 13.7 Å². The molecule has 0 saturated heterocycles. The van der Waals surface area contributed by atoms with Crippen molar-refractivity contribution < 1.29 is 4.74 Å². The predicted molar refractivity (Wildman–Crippen MR) is 89.9 cm³/mol. The second-order valence-electron chi connectivity index (χ2n) is 6.70. The van der Waals surface area contributed by atoms with Gasteiger partial charge in [0.15, 0.2) is 0 Å². The maximum absolute atomic E-state index is 5.66. The molecule has 1 aromatic carbocycles. The van der Waals surface area contributed by atoms with Crippen molar-refractivity contribution in [3.8, 4) is 5.75 Å². The number of nitrogens with one attached hydrogen (secondary N) is 1. The SMILES string of the molecule is CCCNC(c1ccc(C)cc1OC)C1CCC(C)CC1. The summed E-state index contributed by atoms with van der Waals surface area (Å²) in [5.41, 5.74) is 2.61. The van der Waals surface area contributed by atoms with E-state index in [2.05, 4.69) is 44.3 Å². The quantitative estimate of drug-likeness (QED) is 0.806. The van der Waals surface area contributed by atoms with Crippen molar-refractivity contribution in [2.45, 2.75) is 58.9 Å². The van der Waals surface area contributed by atoms with Crippen LogP contribution in [0.3, 0.4) is 0 Å². The molecule has 2 rings (SSSR count). The van der Waals surface area contributed by atoms with Crippen molar-refractivity contribution in [3.63, 3.8) is 0 Å². The van der Waals surface area contributed by atoms with E-state index in [0.717, 1.165) is 24.1 Å². The summed E-state index contributed by atoms with van der Waals surface area (Å²) < 4.78 is 5.66. The first-order chi connectivity index (χ1) is 10.2. The van der Waals surface area contributed by atoms with E-state index in [1.165, 1.54) is 43.2 Å². The summed E-state index contributed by atoms with van der Waals surface area (Å²) in [5, 5.41) is 3.78. The topological polar surface area (TPSA) is 21.3 Å². The fourth-order valence-corrected chi connectivity index (χ4v) is 3.52. The number of rotatable bonds is 6. The zero-order chi connectivity index (χ0) is 15.2. The van der Waals surface area contributed by atoms with Gasteiger partial charge in [0, 0.05) is 11.6 Å². The lowest BCUT2D eigenvalue weighted by molar-refractivity contribution is 0.228. The molecule has 0 bridgehead atoms. The molecule has 2 heteroatoms. The van der Waals surface area contributed by atoms with Crippen LogP contribution in [0, 0.1) is 18.8 Å². The maximum atomic E-state index is 5.66. The number of aryl methyl sites for hydroxylation is 1. The Balaban J connectivity index is 2.22. The summed E-state index contributed by atoms with van der Waals surface area (Å²) in [4.78, 5) is 0. The molecule has 0 heterocycles. The van der Waals surface area contributed by atoms with Gasteiger partial charge in [-0.3, -0.25) is 0 Å². The molecule has 0 aliphatic heterocycles. The molecule has 1 aliphatic rings. The van der Waals surface area contributed by atoms with Gasteiger partial charge in [-0.05, 0) is 56.2 Å². The lowest BCUT2D eigenvalue weighted by Gasteiger charge is -2.34. The Morgan fingerprint density at radius 3 is 2.57 bits per heavy atom. The Labute approximate surface area is 130 Å². The van der Waals surface area contributed by atoms with Gasteiger partial charge in [-0.25, -0.2) is 0 Å². The largest absolute Gasteiger partial charge is 0.496 e. The zero-order valence-corrected chi connectivity index (χ0v) is 14.1. The van der Waals surface area contributed by atoms with Crippen molar-refractivity contribution in [2.24, 2.45) is 11.8 Å². The Kier molecular flexibility index (Phi) is 6.10. The Morgan fingerprint density at radius 2 is 1.95 bits per heavy atom. The van der Waals surface area contributed by atoms with E-state index in [1.807, 2.05) is 0 Å². The van der Waals surface area contributed by atoms with E-state index < -0.39 is 0 Å². The first-order valence-electron chi connectivity index (χ1n) is 8.53. The van der Waals surface area contributed by atoms with Crippen molar-refractivity contribution in [2.75, 3.05) is 13.7 Å². The number of benzene rings is 1. The van der Waals surface area contributed by atoms with Crippen molar-refractivity contribution in [1.29, 1.82) is 0 Å². The minimum atomic E-state index is 0.438. The summed E-state index contributed by atoms with van der Waals surface area (Å²) in [6.07, 6.45) is 6.57. The van der Waals surface area contributed by atoms with Crippen LogP contribution in [0.1, 0.15) is 63.1 Å². The minimum absolute atomic E-state index is 0.438. The first-order valence-corrected chi connectivity index (χ1v) is 8.53. The normalized spacial score (nSPS) is 23.8. The van der Waals surface area contributed by atoms with Crippen molar-refractivity contribution in [3.05, 3.63) is 29.3 Å². The molecule has 0 radical (unpaired) electrons. The number of methoxy groups -OCH3 is 1. The lowest BCUT2D eigenvalue weighted by Crippen LogP contribution is -2.31. The van der Waals surface area contributed by atoms with Crippen LogP contribution in [0.15, 0.2) is 18.2 Å². The maximum Gasteiger partial charge on any atom is 0.123 e. The summed E-state index contributed by atoms with van der Waals surface area (Å²) in [5.74, 6) is 2.68. The van der Waals surface area contributed by atoms with Gasteiger partial charge in [0.2, 0.25) is 0 Å². The molecule has 118 valence electrons. The van der Waals surface area contributed by atoms with Gasteiger partial charge in [-0.2, -0.15) is 0 Å². The van der Waals surface area contributed by atoms with Gasteiger partial charge in [-0.1, -0.05) is 38.8 Å². The molecule has 1 saturated carbocycles. The van der Waals surface area contributed by atoms with Crippen molar-refractivity contribution >= 4 is 0 Å². The average molecular weight is 289 g/mol. The van der Waals surface area contributed by atoms with Crippen molar-refractivity contribution in [1.82, 2.24) is 5.32 Å². The molecule has 1 fully saturated rings. The van der Waals surface area contributed by atoms with E-state index in [9.17, 15) is 0 Å². The molecule has 1 atom stereocenters. The Bertz CT molecular complexity index is 435. The molecule has 1 aromatic rings. The highest BCUT2D eigenvalue weighted by molar-refractivity contribution is 5.39. The van der Waals surface area contributed by atoms with E-state index in [1.54, 1.807) is 7.11 Å². The van der Waals surface area contributed by atoms with Gasteiger partial charge in [-0.15, -0.1) is 0 Å². The van der Waals surface area contributed by atoms with Crippen LogP contribution >= 0.6 is 0 Å². The molecule has 2 nitrogen and oxygen atoms in total. The van der Waals surface area contributed by atoms with E-state index in [0.29, 0.717) is 6.04 Å². The third-order valence-corrected chi connectivity index (χ3v) is 4.87. The monoisotopic (exact) mass is 289 g/mol. The molecule has 1 unspecified atom stereocenters. The number of ether oxygens (including phenoxy) is 1. The van der Waals surface area contributed by atoms with Gasteiger partial charge in [0.1, 0.15) is 5.75 Å². The molecule has 0 spiro atoms. The standard InChI is InChI=1S/C19H31NO/c1-5-12-20-19(16-9-6-14(2)7-10-16)17-11-8-15(3)13-18(17)21-4/h8,11,13-14,16,19-20H,5-7,9-10,12H2,1-4H3. The Hall–Kier alpha value is -1.02. The third-order valence-electron chi connectivity index (χ3n) is 4.87. The number of hydrogen-bond donors (Lipinski definition) is 1. The van der Waals surface area contributed by atoms with Crippen LogP contribution in [0.25, 0.3) is 0 Å². The highest BCUT2D eigenvalue weighted by Crippen LogP contribution is 2.39. The fourth-order valence-electron chi connectivity index (χ4n) is 3.52. The van der Waals surface area contributed by atoms with Crippen LogP contribution in [0.4, 0.5) is 0 Å². The first kappa shape index (κ1) is 16.4. The summed E-state index contributed by atoms with van der Waals surface area (Å²) >= 11 is 0. The highest BCUT2D eigenvalue weighted by atomic mass is 16.5. The molecular weight excluding hydrogens is 258 g/mol. The lowest BCUT2D eigenvalue weighted by atomic mass is 9.77. The zero-order valence-electron chi connectivity index (χ0n) is 14.1. The van der Waals surface area contributed by atoms with Gasteiger partial charge in [0.25, 0.3) is 0 Å². The second-order valence-corrected chi connectivity index (χ2v) is 6.70. The van der Waals surface area contributed by atoms with E-state index >= 15 is 0 Å². The van der Waals surface area contributed by atoms with Crippen LogP contribution < -0.4 is 10.1 Å². The molecule has 1 aliphatic carbocycles. The van der Waals surface area contributed by atoms with Gasteiger partial charge < -0.3 is 10.1 Å². The molecule has 21 heavy (non-hydrogen) atoms. The van der Waals surface area contributed by atoms with Crippen LogP contribution in [-0.2, 0) is 0 Å². The fraction of sp³-hybridized carbons (Fsp3) is 0.684. The predicted octanol–water partition coefficient (Wildman–Crippen LogP) is 4.87. The second kappa shape index (κ2) is 7.84. The van der Waals surface area contributed by atoms with Crippen LogP contribution in [0.2, 0.25) is 0 Å². The average Bonchev–Trinajstić information content (AvgIpc) is 2.50. The van der Waals surface area contributed by atoms with Gasteiger partial charge >= 0.3 is 0 Å². The highest BCUT2D eigenvalue weighted by Gasteiger charge is 2.28. The Morgan fingerprint density at radius 1 is 1.24 bits per heavy atom. The summed E-state index contributed by atoms with van der Waals surface area (Å²) in [7, 11) is 1.79. The molecule has 0 aromatic heterocycles.